The molecule has 0 saturated heterocycles. The Labute approximate surface area is 144 Å². The molecular formula is C20H16N4O. The van der Waals surface area contributed by atoms with E-state index in [2.05, 4.69) is 15.8 Å². The zero-order valence-electron chi connectivity index (χ0n) is 13.4. The molecule has 0 atom stereocenters. The van der Waals surface area contributed by atoms with Gasteiger partial charge < -0.3 is 15.2 Å². The van der Waals surface area contributed by atoms with Crippen LogP contribution in [-0.4, -0.2) is 11.0 Å². The topological polar surface area (TPSA) is 73.9 Å². The number of amidine groups is 1. The van der Waals surface area contributed by atoms with E-state index in [0.29, 0.717) is 11.7 Å². The molecule has 0 aliphatic heterocycles. The number of anilines is 3. The second-order valence-electron chi connectivity index (χ2n) is 5.60. The van der Waals surface area contributed by atoms with E-state index in [1.54, 1.807) is 0 Å². The smallest absolute Gasteiger partial charge is 0.181 e. The molecule has 122 valence electrons. The molecule has 25 heavy (non-hydrogen) atoms. The normalized spacial score (nSPS) is 10.6. The molecule has 0 fully saturated rings. The number of rotatable bonds is 4. The van der Waals surface area contributed by atoms with Crippen LogP contribution in [0.5, 0.6) is 0 Å². The Balaban J connectivity index is 1.54. The predicted molar refractivity (Wildman–Crippen MR) is 101 cm³/mol. The molecule has 4 rings (SSSR count). The van der Waals surface area contributed by atoms with Gasteiger partial charge >= 0.3 is 0 Å². The molecule has 3 N–H and O–H groups in total. The quantitative estimate of drug-likeness (QED) is 0.364. The number of nitrogens with zero attached hydrogens (tertiary/aromatic N) is 1. The van der Waals surface area contributed by atoms with Gasteiger partial charge in [0.1, 0.15) is 5.84 Å². The Kier molecular flexibility index (Phi) is 3.88. The van der Waals surface area contributed by atoms with Crippen molar-refractivity contribution in [3.8, 4) is 0 Å². The monoisotopic (exact) mass is 328 g/mol. The van der Waals surface area contributed by atoms with E-state index in [1.807, 2.05) is 78.9 Å². The van der Waals surface area contributed by atoms with Gasteiger partial charge in [-0.05, 0) is 30.3 Å². The standard InChI is InChI=1S/C20H16N4O/c21-19(14-7-2-1-3-8-14)22-15-9-6-10-16(13-15)23-20-17-11-4-5-12-18(17)25-24-20/h1-13H,(H2,21,22)(H,23,24). The highest BCUT2D eigenvalue weighted by Crippen LogP contribution is 2.26. The maximum atomic E-state index is 8.18. The van der Waals surface area contributed by atoms with Gasteiger partial charge in [-0.1, -0.05) is 53.7 Å². The minimum Gasteiger partial charge on any atom is -0.354 e. The van der Waals surface area contributed by atoms with Gasteiger partial charge in [0.2, 0.25) is 0 Å². The molecule has 0 bridgehead atoms. The van der Waals surface area contributed by atoms with Gasteiger partial charge in [0.25, 0.3) is 0 Å². The van der Waals surface area contributed by atoms with Crippen LogP contribution < -0.4 is 10.6 Å². The second-order valence-corrected chi connectivity index (χ2v) is 5.60. The Bertz CT molecular complexity index is 1020. The van der Waals surface area contributed by atoms with Gasteiger partial charge in [-0.2, -0.15) is 0 Å². The van der Waals surface area contributed by atoms with Gasteiger partial charge in [0.05, 0.1) is 5.39 Å². The largest absolute Gasteiger partial charge is 0.354 e. The van der Waals surface area contributed by atoms with Crippen molar-refractivity contribution >= 4 is 34.0 Å². The molecular weight excluding hydrogens is 312 g/mol. The molecule has 1 aromatic heterocycles. The summed E-state index contributed by atoms with van der Waals surface area (Å²) in [6.45, 7) is 0. The molecule has 0 aliphatic rings. The SMILES string of the molecule is N=C(Nc1cccc(Nc2noc3ccccc23)c1)c1ccccc1. The minimum atomic E-state index is 0.352. The highest BCUT2D eigenvalue weighted by Gasteiger charge is 2.08. The Hall–Kier alpha value is -3.60. The molecule has 0 radical (unpaired) electrons. The first-order chi connectivity index (χ1) is 12.3. The molecule has 0 spiro atoms. The van der Waals surface area contributed by atoms with Crippen LogP contribution >= 0.6 is 0 Å². The van der Waals surface area contributed by atoms with Crippen molar-refractivity contribution in [2.45, 2.75) is 0 Å². The average molecular weight is 328 g/mol. The zero-order valence-corrected chi connectivity index (χ0v) is 13.4. The van der Waals surface area contributed by atoms with Crippen LogP contribution in [0.15, 0.2) is 83.4 Å². The molecule has 0 unspecified atom stereocenters. The van der Waals surface area contributed by atoms with E-state index >= 15 is 0 Å². The highest BCUT2D eigenvalue weighted by molar-refractivity contribution is 6.06. The van der Waals surface area contributed by atoms with E-state index in [0.717, 1.165) is 27.9 Å². The first-order valence-electron chi connectivity index (χ1n) is 7.92. The number of fused-ring (bicyclic) bond motifs is 1. The first-order valence-corrected chi connectivity index (χ1v) is 7.92. The fraction of sp³-hybridized carbons (Fsp3) is 0. The van der Waals surface area contributed by atoms with Gasteiger partial charge in [0.15, 0.2) is 11.4 Å². The van der Waals surface area contributed by atoms with Crippen molar-refractivity contribution in [3.05, 3.63) is 84.4 Å². The van der Waals surface area contributed by atoms with Gasteiger partial charge in [0, 0.05) is 16.9 Å². The number of hydrogen-bond acceptors (Lipinski definition) is 4. The summed E-state index contributed by atoms with van der Waals surface area (Å²) >= 11 is 0. The third-order valence-corrected chi connectivity index (χ3v) is 3.83. The Morgan fingerprint density at radius 2 is 1.60 bits per heavy atom. The van der Waals surface area contributed by atoms with E-state index in [9.17, 15) is 0 Å². The van der Waals surface area contributed by atoms with Crippen molar-refractivity contribution in [1.29, 1.82) is 5.41 Å². The summed E-state index contributed by atoms with van der Waals surface area (Å²) in [6, 6.07) is 25.0. The van der Waals surface area contributed by atoms with Crippen LogP contribution in [0.3, 0.4) is 0 Å². The lowest BCUT2D eigenvalue weighted by molar-refractivity contribution is 0.460. The third kappa shape index (κ3) is 3.21. The van der Waals surface area contributed by atoms with Crippen LogP contribution in [0, 0.1) is 5.41 Å². The van der Waals surface area contributed by atoms with Crippen LogP contribution in [0.4, 0.5) is 17.2 Å². The van der Waals surface area contributed by atoms with E-state index in [4.69, 9.17) is 9.93 Å². The second kappa shape index (κ2) is 6.49. The molecule has 5 nitrogen and oxygen atoms in total. The fourth-order valence-corrected chi connectivity index (χ4v) is 2.61. The lowest BCUT2D eigenvalue weighted by Crippen LogP contribution is -2.11. The summed E-state index contributed by atoms with van der Waals surface area (Å²) in [5, 5.41) is 19.6. The molecule has 5 heteroatoms. The number of nitrogens with one attached hydrogen (secondary N) is 3. The van der Waals surface area contributed by atoms with Crippen molar-refractivity contribution in [2.24, 2.45) is 0 Å². The molecule has 0 amide bonds. The van der Waals surface area contributed by atoms with Gasteiger partial charge in [-0.15, -0.1) is 0 Å². The van der Waals surface area contributed by atoms with Crippen molar-refractivity contribution < 1.29 is 4.52 Å². The van der Waals surface area contributed by atoms with E-state index in [-0.39, 0.29) is 0 Å². The summed E-state index contributed by atoms with van der Waals surface area (Å²) in [4.78, 5) is 0. The third-order valence-electron chi connectivity index (χ3n) is 3.83. The number of aromatic nitrogens is 1. The summed E-state index contributed by atoms with van der Waals surface area (Å²) < 4.78 is 5.31. The molecule has 1 heterocycles. The summed E-state index contributed by atoms with van der Waals surface area (Å²) in [5.41, 5.74) is 3.27. The van der Waals surface area contributed by atoms with Crippen molar-refractivity contribution in [2.75, 3.05) is 10.6 Å². The van der Waals surface area contributed by atoms with Crippen LogP contribution in [0.2, 0.25) is 0 Å². The summed E-state index contributed by atoms with van der Waals surface area (Å²) in [7, 11) is 0. The number of hydrogen-bond donors (Lipinski definition) is 3. The molecule has 3 aromatic carbocycles. The number of para-hydroxylation sites is 1. The lowest BCUT2D eigenvalue weighted by atomic mass is 10.2. The lowest BCUT2D eigenvalue weighted by Gasteiger charge is -2.10. The van der Waals surface area contributed by atoms with Gasteiger partial charge in [-0.25, -0.2) is 0 Å². The average Bonchev–Trinajstić information content (AvgIpc) is 3.06. The first kappa shape index (κ1) is 15.0. The van der Waals surface area contributed by atoms with Crippen LogP contribution in [-0.2, 0) is 0 Å². The number of benzene rings is 3. The van der Waals surface area contributed by atoms with Crippen molar-refractivity contribution in [1.82, 2.24) is 5.16 Å². The zero-order chi connectivity index (χ0) is 17.1. The molecule has 4 aromatic rings. The maximum Gasteiger partial charge on any atom is 0.181 e. The molecule has 0 saturated carbocycles. The van der Waals surface area contributed by atoms with Crippen LogP contribution in [0.1, 0.15) is 5.56 Å². The summed E-state index contributed by atoms with van der Waals surface area (Å²) in [5.74, 6) is 1.02. The summed E-state index contributed by atoms with van der Waals surface area (Å²) in [6.07, 6.45) is 0. The van der Waals surface area contributed by atoms with Crippen molar-refractivity contribution in [3.63, 3.8) is 0 Å². The van der Waals surface area contributed by atoms with E-state index < -0.39 is 0 Å². The Morgan fingerprint density at radius 1 is 0.840 bits per heavy atom. The highest BCUT2D eigenvalue weighted by atomic mass is 16.5. The molecule has 0 aliphatic carbocycles. The fourth-order valence-electron chi connectivity index (χ4n) is 2.61. The Morgan fingerprint density at radius 3 is 2.48 bits per heavy atom. The maximum absolute atomic E-state index is 8.18. The minimum absolute atomic E-state index is 0.352. The van der Waals surface area contributed by atoms with Crippen LogP contribution in [0.25, 0.3) is 11.0 Å². The van der Waals surface area contributed by atoms with Gasteiger partial charge in [-0.3, -0.25) is 5.41 Å². The van der Waals surface area contributed by atoms with E-state index in [1.165, 1.54) is 0 Å². The predicted octanol–water partition coefficient (Wildman–Crippen LogP) is 5.01.